The molecule has 2 aromatic rings. The molecule has 2 aliphatic rings. The number of aromatic nitrogens is 1. The lowest BCUT2D eigenvalue weighted by Crippen LogP contribution is -2.35. The number of nitrogens with one attached hydrogen (secondary N) is 1. The highest BCUT2D eigenvalue weighted by atomic mass is 32.2. The van der Waals surface area contributed by atoms with E-state index in [1.165, 1.54) is 12.1 Å². The number of hydrogen-bond acceptors (Lipinski definition) is 7. The number of ether oxygens (including phenoxy) is 1. The minimum Gasteiger partial charge on any atom is -0.377 e. The van der Waals surface area contributed by atoms with Crippen LogP contribution in [0.2, 0.25) is 0 Å². The summed E-state index contributed by atoms with van der Waals surface area (Å²) >= 11 is 1.59. The van der Waals surface area contributed by atoms with Gasteiger partial charge in [0.15, 0.2) is 5.13 Å². The lowest BCUT2D eigenvalue weighted by molar-refractivity contribution is 0.0766. The van der Waals surface area contributed by atoms with Crippen LogP contribution in [0.3, 0.4) is 0 Å². The van der Waals surface area contributed by atoms with E-state index in [0.717, 1.165) is 30.9 Å². The summed E-state index contributed by atoms with van der Waals surface area (Å²) in [5.41, 5.74) is 0.387. The van der Waals surface area contributed by atoms with E-state index in [2.05, 4.69) is 14.6 Å². The molecule has 1 N–H and O–H groups in total. The zero-order valence-corrected chi connectivity index (χ0v) is 18.3. The third kappa shape index (κ3) is 5.00. The molecule has 1 atom stereocenters. The Hall–Kier alpha value is -2.01. The van der Waals surface area contributed by atoms with Crippen molar-refractivity contribution < 1.29 is 17.9 Å². The van der Waals surface area contributed by atoms with Gasteiger partial charge >= 0.3 is 0 Å². The maximum Gasteiger partial charge on any atom is 0.253 e. The van der Waals surface area contributed by atoms with Crippen LogP contribution in [-0.2, 0) is 14.8 Å². The van der Waals surface area contributed by atoms with Gasteiger partial charge in [-0.1, -0.05) is 6.07 Å². The van der Waals surface area contributed by atoms with Crippen LogP contribution in [0.4, 0.5) is 5.13 Å². The highest BCUT2D eigenvalue weighted by Gasteiger charge is 2.24. The Labute approximate surface area is 180 Å². The quantitative estimate of drug-likeness (QED) is 0.723. The van der Waals surface area contributed by atoms with Gasteiger partial charge in [-0.25, -0.2) is 18.1 Å². The molecular weight excluding hydrogens is 424 g/mol. The van der Waals surface area contributed by atoms with Crippen molar-refractivity contribution in [3.63, 3.8) is 0 Å². The molecule has 3 heterocycles. The third-order valence-electron chi connectivity index (χ3n) is 5.39. The van der Waals surface area contributed by atoms with Crippen LogP contribution in [0, 0.1) is 0 Å². The molecule has 0 bridgehead atoms. The van der Waals surface area contributed by atoms with Crippen LogP contribution in [-0.4, -0.2) is 69.6 Å². The molecule has 2 fully saturated rings. The van der Waals surface area contributed by atoms with E-state index in [1.807, 2.05) is 5.38 Å². The number of carbonyl (C=O) groups excluding carboxylic acids is 1. The largest absolute Gasteiger partial charge is 0.377 e. The van der Waals surface area contributed by atoms with Crippen molar-refractivity contribution in [2.75, 3.05) is 44.2 Å². The Morgan fingerprint density at radius 2 is 2.13 bits per heavy atom. The van der Waals surface area contributed by atoms with Crippen LogP contribution in [0.25, 0.3) is 0 Å². The molecule has 2 aliphatic heterocycles. The minimum absolute atomic E-state index is 0.0810. The first kappa shape index (κ1) is 21.2. The standard InChI is InChI=1S/C20H26N4O4S2/c25-19(23-8-3-9-24(11-10-23)20-21-7-13-29-20)16-4-1-6-18(14-16)30(26,27)22-15-17-5-2-12-28-17/h1,4,6-7,13-14,17,22H,2-3,5,8-12,15H2. The highest BCUT2D eigenvalue weighted by Crippen LogP contribution is 2.20. The molecule has 1 unspecified atom stereocenters. The Kier molecular flexibility index (Phi) is 6.67. The van der Waals surface area contributed by atoms with Gasteiger partial charge < -0.3 is 14.5 Å². The van der Waals surface area contributed by atoms with Gasteiger partial charge in [0.05, 0.1) is 11.0 Å². The molecule has 0 aliphatic carbocycles. The molecule has 1 aromatic heterocycles. The zero-order chi connectivity index (χ0) is 21.0. The average molecular weight is 451 g/mol. The van der Waals surface area contributed by atoms with Crippen molar-refractivity contribution in [2.45, 2.75) is 30.3 Å². The molecule has 0 spiro atoms. The normalized spacial score (nSPS) is 20.3. The minimum atomic E-state index is -3.70. The lowest BCUT2D eigenvalue weighted by atomic mass is 10.2. The number of amides is 1. The number of benzene rings is 1. The molecule has 2 saturated heterocycles. The predicted octanol–water partition coefficient (Wildman–Crippen LogP) is 1.95. The molecule has 0 saturated carbocycles. The van der Waals surface area contributed by atoms with Crippen molar-refractivity contribution in [3.8, 4) is 0 Å². The fourth-order valence-corrected chi connectivity index (χ4v) is 5.56. The van der Waals surface area contributed by atoms with E-state index in [1.54, 1.807) is 34.6 Å². The number of rotatable bonds is 6. The summed E-state index contributed by atoms with van der Waals surface area (Å²) in [7, 11) is -3.70. The molecular formula is C20H26N4O4S2. The predicted molar refractivity (Wildman–Crippen MR) is 115 cm³/mol. The summed E-state index contributed by atoms with van der Waals surface area (Å²) in [4.78, 5) is 21.5. The second-order valence-electron chi connectivity index (χ2n) is 7.46. The van der Waals surface area contributed by atoms with Gasteiger partial charge in [-0.3, -0.25) is 4.79 Å². The summed E-state index contributed by atoms with van der Waals surface area (Å²) in [6.45, 7) is 3.69. The van der Waals surface area contributed by atoms with Crippen molar-refractivity contribution in [2.24, 2.45) is 0 Å². The number of sulfonamides is 1. The maximum absolute atomic E-state index is 13.1. The number of carbonyl (C=O) groups is 1. The van der Waals surface area contributed by atoms with Crippen LogP contribution in [0.15, 0.2) is 40.7 Å². The summed E-state index contributed by atoms with van der Waals surface area (Å²) < 4.78 is 33.4. The van der Waals surface area contributed by atoms with E-state index in [9.17, 15) is 13.2 Å². The fourth-order valence-electron chi connectivity index (χ4n) is 3.75. The number of thiazole rings is 1. The summed E-state index contributed by atoms with van der Waals surface area (Å²) in [6, 6.07) is 6.27. The molecule has 0 radical (unpaired) electrons. The van der Waals surface area contributed by atoms with Gasteiger partial charge in [0.2, 0.25) is 10.0 Å². The van der Waals surface area contributed by atoms with Crippen molar-refractivity contribution in [1.29, 1.82) is 0 Å². The first-order valence-electron chi connectivity index (χ1n) is 10.2. The van der Waals surface area contributed by atoms with Crippen molar-refractivity contribution in [3.05, 3.63) is 41.4 Å². The van der Waals surface area contributed by atoms with Crippen molar-refractivity contribution in [1.82, 2.24) is 14.6 Å². The van der Waals surface area contributed by atoms with Crippen LogP contribution < -0.4 is 9.62 Å². The van der Waals surface area contributed by atoms with Gasteiger partial charge in [-0.15, -0.1) is 11.3 Å². The Morgan fingerprint density at radius 3 is 2.90 bits per heavy atom. The van der Waals surface area contributed by atoms with Crippen molar-refractivity contribution >= 4 is 32.4 Å². The van der Waals surface area contributed by atoms with Gasteiger partial charge in [-0.2, -0.15) is 0 Å². The topological polar surface area (TPSA) is 91.8 Å². The van der Waals surface area contributed by atoms with Gasteiger partial charge in [0.25, 0.3) is 5.91 Å². The van der Waals surface area contributed by atoms with Crippen LogP contribution >= 0.6 is 11.3 Å². The molecule has 4 rings (SSSR count). The highest BCUT2D eigenvalue weighted by molar-refractivity contribution is 7.89. The summed E-state index contributed by atoms with van der Waals surface area (Å²) in [6.07, 6.45) is 4.35. The molecule has 162 valence electrons. The number of anilines is 1. The lowest BCUT2D eigenvalue weighted by Gasteiger charge is -2.22. The van der Waals surface area contributed by atoms with Gasteiger partial charge in [0.1, 0.15) is 0 Å². The van der Waals surface area contributed by atoms with Crippen LogP contribution in [0.5, 0.6) is 0 Å². The zero-order valence-electron chi connectivity index (χ0n) is 16.7. The Bertz CT molecular complexity index is 959. The second kappa shape index (κ2) is 9.42. The SMILES string of the molecule is O=C(c1cccc(S(=O)(=O)NCC2CCCO2)c1)N1CCCN(c2nccs2)CC1. The molecule has 1 aromatic carbocycles. The second-order valence-corrected chi connectivity index (χ2v) is 10.1. The molecule has 10 heteroatoms. The van der Waals surface area contributed by atoms with E-state index >= 15 is 0 Å². The molecule has 8 nitrogen and oxygen atoms in total. The first-order chi connectivity index (χ1) is 14.5. The smallest absolute Gasteiger partial charge is 0.253 e. The fraction of sp³-hybridized carbons (Fsp3) is 0.500. The van der Waals surface area contributed by atoms with E-state index in [4.69, 9.17) is 4.74 Å². The third-order valence-corrected chi connectivity index (χ3v) is 7.64. The van der Waals surface area contributed by atoms with Gasteiger partial charge in [-0.05, 0) is 37.5 Å². The molecule has 30 heavy (non-hydrogen) atoms. The number of nitrogens with zero attached hydrogens (tertiary/aromatic N) is 3. The van der Waals surface area contributed by atoms with E-state index < -0.39 is 10.0 Å². The summed E-state index contributed by atoms with van der Waals surface area (Å²) in [5, 5.41) is 2.91. The monoisotopic (exact) mass is 450 g/mol. The molecule has 1 amide bonds. The van der Waals surface area contributed by atoms with Crippen LogP contribution in [0.1, 0.15) is 29.6 Å². The van der Waals surface area contributed by atoms with Gasteiger partial charge in [0, 0.05) is 56.5 Å². The Balaban J connectivity index is 1.41. The summed E-state index contributed by atoms with van der Waals surface area (Å²) in [5.74, 6) is -0.146. The first-order valence-corrected chi connectivity index (χ1v) is 12.5. The Morgan fingerprint density at radius 1 is 1.23 bits per heavy atom. The van der Waals surface area contributed by atoms with E-state index in [0.29, 0.717) is 31.8 Å². The maximum atomic E-state index is 13.1. The average Bonchev–Trinajstić information content (AvgIpc) is 3.43. The number of hydrogen-bond donors (Lipinski definition) is 1. The van der Waals surface area contributed by atoms with E-state index in [-0.39, 0.29) is 23.5 Å².